The minimum atomic E-state index is 0.545. The zero-order valence-electron chi connectivity index (χ0n) is 11.5. The van der Waals surface area contributed by atoms with E-state index < -0.39 is 0 Å². The van der Waals surface area contributed by atoms with Crippen molar-refractivity contribution in [1.82, 2.24) is 4.90 Å². The van der Waals surface area contributed by atoms with E-state index in [9.17, 15) is 0 Å². The Hall–Kier alpha value is -0.0400. The molecular formula is C15H27N. The molecule has 92 valence electrons. The van der Waals surface area contributed by atoms with Gasteiger partial charge in [-0.25, -0.2) is 0 Å². The fourth-order valence-corrected chi connectivity index (χ4v) is 4.62. The van der Waals surface area contributed by atoms with Crippen molar-refractivity contribution in [2.45, 2.75) is 65.3 Å². The molecule has 3 rings (SSSR count). The summed E-state index contributed by atoms with van der Waals surface area (Å²) in [4.78, 5) is 2.88. The summed E-state index contributed by atoms with van der Waals surface area (Å²) < 4.78 is 0. The second-order valence-electron chi connectivity index (χ2n) is 7.86. The van der Waals surface area contributed by atoms with Gasteiger partial charge in [-0.05, 0) is 55.4 Å². The highest BCUT2D eigenvalue weighted by Gasteiger charge is 2.65. The molecule has 0 radical (unpaired) electrons. The Bertz CT molecular complexity index is 301. The maximum Gasteiger partial charge on any atom is 0.0269 e. The first kappa shape index (κ1) is 11.1. The zero-order chi connectivity index (χ0) is 11.6. The van der Waals surface area contributed by atoms with Crippen LogP contribution >= 0.6 is 0 Å². The third-order valence-electron chi connectivity index (χ3n) is 5.77. The van der Waals surface area contributed by atoms with Gasteiger partial charge in [0.1, 0.15) is 0 Å². The van der Waals surface area contributed by atoms with E-state index in [0.717, 1.165) is 11.3 Å². The van der Waals surface area contributed by atoms with E-state index in [1.165, 1.54) is 45.2 Å². The predicted octanol–water partition coefficient (Wildman–Crippen LogP) is 3.69. The van der Waals surface area contributed by atoms with E-state index in [2.05, 4.69) is 32.6 Å². The number of rotatable bonds is 2. The van der Waals surface area contributed by atoms with Crippen molar-refractivity contribution in [2.24, 2.45) is 16.7 Å². The Morgan fingerprint density at radius 2 is 1.81 bits per heavy atom. The lowest BCUT2D eigenvalue weighted by Crippen LogP contribution is -2.48. The van der Waals surface area contributed by atoms with Crippen LogP contribution in [0.4, 0.5) is 0 Å². The van der Waals surface area contributed by atoms with Crippen LogP contribution in [0, 0.1) is 16.7 Å². The van der Waals surface area contributed by atoms with Crippen molar-refractivity contribution >= 4 is 0 Å². The molecule has 0 aromatic heterocycles. The molecule has 1 spiro atoms. The van der Waals surface area contributed by atoms with Gasteiger partial charge in [-0.1, -0.05) is 27.7 Å². The Balaban J connectivity index is 1.93. The minimum absolute atomic E-state index is 0.545. The fraction of sp³-hybridized carbons (Fsp3) is 1.00. The first-order valence-corrected chi connectivity index (χ1v) is 7.14. The van der Waals surface area contributed by atoms with Crippen molar-refractivity contribution in [1.29, 1.82) is 0 Å². The molecule has 1 saturated carbocycles. The summed E-state index contributed by atoms with van der Waals surface area (Å²) in [6.07, 6.45) is 7.36. The van der Waals surface area contributed by atoms with Crippen LogP contribution in [0.15, 0.2) is 0 Å². The fourth-order valence-electron chi connectivity index (χ4n) is 4.62. The van der Waals surface area contributed by atoms with Crippen LogP contribution in [0.5, 0.6) is 0 Å². The van der Waals surface area contributed by atoms with Crippen LogP contribution in [0.3, 0.4) is 0 Å². The normalized spacial score (nSPS) is 39.6. The van der Waals surface area contributed by atoms with E-state index in [1.54, 1.807) is 0 Å². The minimum Gasteiger partial charge on any atom is -0.297 e. The first-order valence-electron chi connectivity index (χ1n) is 7.14. The Morgan fingerprint density at radius 1 is 1.12 bits per heavy atom. The topological polar surface area (TPSA) is 3.24 Å². The van der Waals surface area contributed by atoms with E-state index in [-0.39, 0.29) is 0 Å². The largest absolute Gasteiger partial charge is 0.297 e. The SMILES string of the molecule is CC(C)C[C@]12CC3(CC3)CN1CCC2(C)C. The van der Waals surface area contributed by atoms with Crippen LogP contribution in [-0.2, 0) is 0 Å². The number of hydrogen-bond acceptors (Lipinski definition) is 1. The summed E-state index contributed by atoms with van der Waals surface area (Å²) in [6.45, 7) is 12.6. The summed E-state index contributed by atoms with van der Waals surface area (Å²) in [5, 5.41) is 0. The predicted molar refractivity (Wildman–Crippen MR) is 68.4 cm³/mol. The monoisotopic (exact) mass is 221 g/mol. The van der Waals surface area contributed by atoms with Crippen molar-refractivity contribution in [3.8, 4) is 0 Å². The van der Waals surface area contributed by atoms with Gasteiger partial charge in [-0.2, -0.15) is 0 Å². The van der Waals surface area contributed by atoms with Gasteiger partial charge in [0.15, 0.2) is 0 Å². The molecule has 2 aliphatic heterocycles. The van der Waals surface area contributed by atoms with Crippen LogP contribution in [0.1, 0.15) is 59.8 Å². The molecule has 0 aromatic carbocycles. The van der Waals surface area contributed by atoms with Gasteiger partial charge >= 0.3 is 0 Å². The quantitative estimate of drug-likeness (QED) is 0.687. The van der Waals surface area contributed by atoms with Gasteiger partial charge in [0.25, 0.3) is 0 Å². The van der Waals surface area contributed by atoms with Gasteiger partial charge in [-0.15, -0.1) is 0 Å². The summed E-state index contributed by atoms with van der Waals surface area (Å²) in [6, 6.07) is 0. The van der Waals surface area contributed by atoms with Crippen molar-refractivity contribution in [3.05, 3.63) is 0 Å². The lowest BCUT2D eigenvalue weighted by atomic mass is 9.66. The van der Waals surface area contributed by atoms with Crippen LogP contribution in [0.2, 0.25) is 0 Å². The second kappa shape index (κ2) is 3.04. The lowest BCUT2D eigenvalue weighted by Gasteiger charge is -2.44. The highest BCUT2D eigenvalue weighted by molar-refractivity contribution is 5.19. The van der Waals surface area contributed by atoms with Gasteiger partial charge in [0.2, 0.25) is 0 Å². The van der Waals surface area contributed by atoms with Crippen LogP contribution in [-0.4, -0.2) is 23.5 Å². The molecule has 3 aliphatic rings. The second-order valence-corrected chi connectivity index (χ2v) is 7.86. The Morgan fingerprint density at radius 3 is 2.38 bits per heavy atom. The Labute approximate surface area is 101 Å². The molecule has 1 atom stereocenters. The number of fused-ring (bicyclic) bond motifs is 1. The van der Waals surface area contributed by atoms with Crippen molar-refractivity contribution in [2.75, 3.05) is 13.1 Å². The molecular weight excluding hydrogens is 194 g/mol. The summed E-state index contributed by atoms with van der Waals surface area (Å²) in [5.74, 6) is 0.841. The molecule has 16 heavy (non-hydrogen) atoms. The van der Waals surface area contributed by atoms with E-state index in [1.807, 2.05) is 0 Å². The molecule has 0 N–H and O–H groups in total. The molecule has 1 aliphatic carbocycles. The van der Waals surface area contributed by atoms with Gasteiger partial charge < -0.3 is 0 Å². The summed E-state index contributed by atoms with van der Waals surface area (Å²) >= 11 is 0. The Kier molecular flexibility index (Phi) is 2.11. The average Bonchev–Trinajstić information content (AvgIpc) is 2.74. The van der Waals surface area contributed by atoms with E-state index in [0.29, 0.717) is 11.0 Å². The number of hydrogen-bond donors (Lipinski definition) is 0. The van der Waals surface area contributed by atoms with Crippen molar-refractivity contribution in [3.63, 3.8) is 0 Å². The lowest BCUT2D eigenvalue weighted by molar-refractivity contribution is 0.0693. The third kappa shape index (κ3) is 1.33. The van der Waals surface area contributed by atoms with Gasteiger partial charge in [0.05, 0.1) is 0 Å². The summed E-state index contributed by atoms with van der Waals surface area (Å²) in [5.41, 5.74) is 1.87. The van der Waals surface area contributed by atoms with Gasteiger partial charge in [0, 0.05) is 12.1 Å². The highest BCUT2D eigenvalue weighted by Crippen LogP contribution is 2.66. The maximum absolute atomic E-state index is 2.88. The molecule has 0 aromatic rings. The van der Waals surface area contributed by atoms with E-state index >= 15 is 0 Å². The third-order valence-corrected chi connectivity index (χ3v) is 5.77. The molecule has 3 fully saturated rings. The molecule has 1 heteroatoms. The van der Waals surface area contributed by atoms with Crippen molar-refractivity contribution < 1.29 is 0 Å². The first-order chi connectivity index (χ1) is 7.39. The maximum atomic E-state index is 2.88. The van der Waals surface area contributed by atoms with Crippen LogP contribution < -0.4 is 0 Å². The highest BCUT2D eigenvalue weighted by atomic mass is 15.3. The standard InChI is InChI=1S/C15H27N/c1-12(2)9-15-10-14(5-6-14)11-16(15)8-7-13(15,3)4/h12H,5-11H2,1-4H3/t15-/m1/s1. The molecule has 1 nitrogen and oxygen atoms in total. The zero-order valence-corrected chi connectivity index (χ0v) is 11.5. The smallest absolute Gasteiger partial charge is 0.0269 e. The van der Waals surface area contributed by atoms with E-state index in [4.69, 9.17) is 0 Å². The van der Waals surface area contributed by atoms with Crippen LogP contribution in [0.25, 0.3) is 0 Å². The molecule has 2 heterocycles. The molecule has 2 saturated heterocycles. The molecule has 0 amide bonds. The van der Waals surface area contributed by atoms with Gasteiger partial charge in [-0.3, -0.25) is 4.90 Å². The molecule has 0 unspecified atom stereocenters. The summed E-state index contributed by atoms with van der Waals surface area (Å²) in [7, 11) is 0. The molecule has 0 bridgehead atoms. The average molecular weight is 221 g/mol. The number of nitrogens with zero attached hydrogens (tertiary/aromatic N) is 1.